The molecule has 1 saturated heterocycles. The molecule has 1 aromatic heterocycles. The van der Waals surface area contributed by atoms with E-state index < -0.39 is 0 Å². The van der Waals surface area contributed by atoms with Crippen LogP contribution in [-0.4, -0.2) is 42.5 Å². The van der Waals surface area contributed by atoms with E-state index in [1.54, 1.807) is 11.1 Å². The maximum atomic E-state index is 11.9. The summed E-state index contributed by atoms with van der Waals surface area (Å²) in [5.74, 6) is 1.000. The molecule has 0 atom stereocenters. The molecule has 0 unspecified atom stereocenters. The molecule has 0 radical (unpaired) electrons. The summed E-state index contributed by atoms with van der Waals surface area (Å²) in [4.78, 5) is 20.1. The molecule has 0 bridgehead atoms. The Kier molecular flexibility index (Phi) is 3.81. The molecule has 5 heteroatoms. The number of nitrogens with zero attached hydrogens (tertiary/aromatic N) is 3. The lowest BCUT2D eigenvalue weighted by molar-refractivity contribution is -0.127. The second-order valence-electron chi connectivity index (χ2n) is 4.72. The summed E-state index contributed by atoms with van der Waals surface area (Å²) in [6.07, 6.45) is 2.74. The Labute approximate surface area is 108 Å². The number of pyridine rings is 1. The Morgan fingerprint density at radius 2 is 2.22 bits per heavy atom. The van der Waals surface area contributed by atoms with Crippen LogP contribution >= 0.6 is 0 Å². The van der Waals surface area contributed by atoms with Gasteiger partial charge in [0.15, 0.2) is 0 Å². The van der Waals surface area contributed by atoms with Gasteiger partial charge in [-0.3, -0.25) is 4.79 Å². The van der Waals surface area contributed by atoms with E-state index in [2.05, 4.69) is 4.98 Å². The lowest BCUT2D eigenvalue weighted by atomic mass is 10.1. The first-order chi connectivity index (χ1) is 8.63. The molecule has 0 saturated carbocycles. The van der Waals surface area contributed by atoms with Gasteiger partial charge in [0.05, 0.1) is 6.54 Å². The van der Waals surface area contributed by atoms with Gasteiger partial charge in [-0.25, -0.2) is 4.98 Å². The molecule has 5 nitrogen and oxygen atoms in total. The Bertz CT molecular complexity index is 447. The van der Waals surface area contributed by atoms with E-state index >= 15 is 0 Å². The van der Waals surface area contributed by atoms with Crippen molar-refractivity contribution in [3.05, 3.63) is 23.4 Å². The van der Waals surface area contributed by atoms with E-state index in [0.29, 0.717) is 13.1 Å². The van der Waals surface area contributed by atoms with Crippen molar-refractivity contribution in [1.82, 2.24) is 9.88 Å². The van der Waals surface area contributed by atoms with Gasteiger partial charge in [0.25, 0.3) is 0 Å². The van der Waals surface area contributed by atoms with Gasteiger partial charge in [0, 0.05) is 38.4 Å². The molecule has 1 aliphatic heterocycles. The molecule has 18 heavy (non-hydrogen) atoms. The van der Waals surface area contributed by atoms with Crippen molar-refractivity contribution in [2.24, 2.45) is 5.73 Å². The number of aromatic nitrogens is 1. The van der Waals surface area contributed by atoms with Gasteiger partial charge in [0.1, 0.15) is 5.82 Å². The third kappa shape index (κ3) is 2.46. The fraction of sp³-hybridized carbons (Fsp3) is 0.538. The fourth-order valence-electron chi connectivity index (χ4n) is 2.27. The third-order valence-electron chi connectivity index (χ3n) is 3.44. The van der Waals surface area contributed by atoms with Gasteiger partial charge in [-0.1, -0.05) is 0 Å². The van der Waals surface area contributed by atoms with Crippen molar-refractivity contribution in [2.75, 3.05) is 31.6 Å². The molecule has 1 amide bonds. The maximum absolute atomic E-state index is 11.9. The quantitative estimate of drug-likeness (QED) is 0.828. The molecular weight excluding hydrogens is 228 g/mol. The van der Waals surface area contributed by atoms with Gasteiger partial charge in [-0.15, -0.1) is 0 Å². The zero-order valence-electron chi connectivity index (χ0n) is 11.0. The number of carbonyl (C=O) groups excluding carboxylic acids is 1. The second-order valence-corrected chi connectivity index (χ2v) is 4.72. The minimum atomic E-state index is 0.138. The van der Waals surface area contributed by atoms with E-state index in [1.165, 1.54) is 0 Å². The van der Waals surface area contributed by atoms with Crippen LogP contribution < -0.4 is 10.6 Å². The molecule has 0 aromatic carbocycles. The molecule has 1 fully saturated rings. The summed E-state index contributed by atoms with van der Waals surface area (Å²) in [5, 5.41) is 0. The number of anilines is 1. The highest BCUT2D eigenvalue weighted by Crippen LogP contribution is 2.21. The number of rotatable bonds is 2. The van der Waals surface area contributed by atoms with E-state index in [0.717, 1.165) is 36.5 Å². The van der Waals surface area contributed by atoms with Crippen LogP contribution in [0.1, 0.15) is 17.5 Å². The fourth-order valence-corrected chi connectivity index (χ4v) is 2.27. The van der Waals surface area contributed by atoms with E-state index in [4.69, 9.17) is 5.73 Å². The Morgan fingerprint density at radius 1 is 1.44 bits per heavy atom. The highest BCUT2D eigenvalue weighted by atomic mass is 16.2. The number of amides is 1. The summed E-state index contributed by atoms with van der Waals surface area (Å²) in [6, 6.07) is 1.96. The van der Waals surface area contributed by atoms with Crippen molar-refractivity contribution in [3.63, 3.8) is 0 Å². The lowest BCUT2D eigenvalue weighted by Crippen LogP contribution is -2.35. The standard InChI is InChI=1S/C13H20N4O/c1-10-4-5-15-13(11(10)8-14)17-7-3-6-16(2)12(18)9-17/h4-5H,3,6-9,14H2,1-2H3. The average Bonchev–Trinajstić information content (AvgIpc) is 2.52. The van der Waals surface area contributed by atoms with Crippen LogP contribution in [0, 0.1) is 6.92 Å². The molecule has 2 rings (SSSR count). The van der Waals surface area contributed by atoms with Crippen LogP contribution in [0.5, 0.6) is 0 Å². The van der Waals surface area contributed by atoms with Gasteiger partial charge in [0.2, 0.25) is 5.91 Å². The van der Waals surface area contributed by atoms with E-state index in [1.807, 2.05) is 24.9 Å². The summed E-state index contributed by atoms with van der Waals surface area (Å²) in [5.41, 5.74) is 7.97. The van der Waals surface area contributed by atoms with Crippen molar-refractivity contribution in [3.8, 4) is 0 Å². The molecule has 2 heterocycles. The summed E-state index contributed by atoms with van der Waals surface area (Å²) < 4.78 is 0. The van der Waals surface area contributed by atoms with Gasteiger partial charge < -0.3 is 15.5 Å². The highest BCUT2D eigenvalue weighted by molar-refractivity contribution is 5.81. The van der Waals surface area contributed by atoms with Gasteiger partial charge >= 0.3 is 0 Å². The van der Waals surface area contributed by atoms with E-state index in [-0.39, 0.29) is 5.91 Å². The van der Waals surface area contributed by atoms with Gasteiger partial charge in [-0.2, -0.15) is 0 Å². The summed E-state index contributed by atoms with van der Waals surface area (Å²) in [6.45, 7) is 4.52. The molecule has 1 aliphatic rings. The summed E-state index contributed by atoms with van der Waals surface area (Å²) in [7, 11) is 1.85. The smallest absolute Gasteiger partial charge is 0.241 e. The maximum Gasteiger partial charge on any atom is 0.241 e. The predicted molar refractivity (Wildman–Crippen MR) is 71.3 cm³/mol. The van der Waals surface area contributed by atoms with Crippen LogP contribution in [0.2, 0.25) is 0 Å². The van der Waals surface area contributed by atoms with Crippen LogP contribution in [0.25, 0.3) is 0 Å². The number of likely N-dealkylation sites (N-methyl/N-ethyl adjacent to an activating group) is 1. The molecule has 1 aromatic rings. The predicted octanol–water partition coefficient (Wildman–Crippen LogP) is 0.517. The highest BCUT2D eigenvalue weighted by Gasteiger charge is 2.21. The first-order valence-electron chi connectivity index (χ1n) is 6.27. The van der Waals surface area contributed by atoms with Crippen molar-refractivity contribution < 1.29 is 4.79 Å². The van der Waals surface area contributed by atoms with Crippen molar-refractivity contribution in [1.29, 1.82) is 0 Å². The normalized spacial score (nSPS) is 16.9. The van der Waals surface area contributed by atoms with Crippen molar-refractivity contribution in [2.45, 2.75) is 19.9 Å². The topological polar surface area (TPSA) is 62.5 Å². The second kappa shape index (κ2) is 5.35. The minimum Gasteiger partial charge on any atom is -0.347 e. The Morgan fingerprint density at radius 3 is 2.94 bits per heavy atom. The molecular formula is C13H20N4O. The molecule has 2 N–H and O–H groups in total. The van der Waals surface area contributed by atoms with Crippen LogP contribution in [0.15, 0.2) is 12.3 Å². The number of carbonyl (C=O) groups is 1. The average molecular weight is 248 g/mol. The number of nitrogens with two attached hydrogens (primary N) is 1. The van der Waals surface area contributed by atoms with Gasteiger partial charge in [-0.05, 0) is 25.0 Å². The zero-order valence-corrected chi connectivity index (χ0v) is 11.0. The molecule has 0 aliphatic carbocycles. The number of hydrogen-bond donors (Lipinski definition) is 1. The Balaban J connectivity index is 2.30. The monoisotopic (exact) mass is 248 g/mol. The van der Waals surface area contributed by atoms with Crippen molar-refractivity contribution >= 4 is 11.7 Å². The minimum absolute atomic E-state index is 0.138. The van der Waals surface area contributed by atoms with E-state index in [9.17, 15) is 4.79 Å². The third-order valence-corrected chi connectivity index (χ3v) is 3.44. The molecule has 98 valence electrons. The SMILES string of the molecule is Cc1ccnc(N2CCCN(C)C(=O)C2)c1CN. The number of aryl methyl sites for hydroxylation is 1. The first-order valence-corrected chi connectivity index (χ1v) is 6.27. The zero-order chi connectivity index (χ0) is 13.1. The van der Waals surface area contributed by atoms with Crippen LogP contribution in [-0.2, 0) is 11.3 Å². The Hall–Kier alpha value is -1.62. The largest absolute Gasteiger partial charge is 0.347 e. The first kappa shape index (κ1) is 12.8. The van der Waals surface area contributed by atoms with Crippen LogP contribution in [0.4, 0.5) is 5.82 Å². The summed E-state index contributed by atoms with van der Waals surface area (Å²) >= 11 is 0. The molecule has 0 spiro atoms. The van der Waals surface area contributed by atoms with Crippen LogP contribution in [0.3, 0.4) is 0 Å². The number of hydrogen-bond acceptors (Lipinski definition) is 4. The lowest BCUT2D eigenvalue weighted by Gasteiger charge is -2.23.